The summed E-state index contributed by atoms with van der Waals surface area (Å²) >= 11 is 0. The van der Waals surface area contributed by atoms with Gasteiger partial charge in [0.25, 0.3) is 0 Å². The third-order valence-corrected chi connectivity index (χ3v) is 6.96. The van der Waals surface area contributed by atoms with E-state index in [2.05, 4.69) is 29.4 Å². The van der Waals surface area contributed by atoms with Crippen LogP contribution in [0.25, 0.3) is 17.1 Å². The summed E-state index contributed by atoms with van der Waals surface area (Å²) in [5.41, 5.74) is 5.61. The highest BCUT2D eigenvalue weighted by Gasteiger charge is 2.24. The molecule has 0 N–H and O–H groups in total. The third kappa shape index (κ3) is 4.23. The van der Waals surface area contributed by atoms with Crippen LogP contribution in [0.1, 0.15) is 60.7 Å². The minimum atomic E-state index is 0.557. The maximum Gasteiger partial charge on any atom is 0.154 e. The van der Waals surface area contributed by atoms with Crippen molar-refractivity contribution in [2.75, 3.05) is 6.54 Å². The Kier molecular flexibility index (Phi) is 5.52. The first-order valence-electron chi connectivity index (χ1n) is 12.1. The van der Waals surface area contributed by atoms with Gasteiger partial charge in [0, 0.05) is 61.2 Å². The third-order valence-electron chi connectivity index (χ3n) is 6.96. The lowest BCUT2D eigenvalue weighted by Gasteiger charge is -2.29. The summed E-state index contributed by atoms with van der Waals surface area (Å²) in [6, 6.07) is 14.1. The van der Waals surface area contributed by atoms with E-state index in [1.54, 1.807) is 6.26 Å². The van der Waals surface area contributed by atoms with Crippen molar-refractivity contribution in [1.29, 1.82) is 0 Å². The Labute approximate surface area is 194 Å². The Morgan fingerprint density at radius 2 is 1.88 bits per heavy atom. The Hall–Kier alpha value is -3.25. The molecule has 1 aliphatic carbocycles. The molecule has 1 aromatic carbocycles. The molecule has 168 valence electrons. The van der Waals surface area contributed by atoms with Crippen LogP contribution in [0.5, 0.6) is 0 Å². The second-order valence-corrected chi connectivity index (χ2v) is 9.26. The number of hydrogen-bond donors (Lipinski definition) is 0. The molecule has 1 aliphatic heterocycles. The number of benzene rings is 1. The highest BCUT2D eigenvalue weighted by atomic mass is 16.3. The summed E-state index contributed by atoms with van der Waals surface area (Å²) in [4.78, 5) is 12.3. The lowest BCUT2D eigenvalue weighted by atomic mass is 9.88. The van der Waals surface area contributed by atoms with E-state index in [0.29, 0.717) is 5.92 Å². The first-order chi connectivity index (χ1) is 16.3. The monoisotopic (exact) mass is 439 g/mol. The molecule has 4 aromatic rings. The number of furan rings is 1. The van der Waals surface area contributed by atoms with Crippen LogP contribution in [0.15, 0.2) is 65.5 Å². The maximum atomic E-state index is 5.71. The normalized spacial score (nSPS) is 17.2. The summed E-state index contributed by atoms with van der Waals surface area (Å²) < 4.78 is 7.66. The number of rotatable bonds is 5. The highest BCUT2D eigenvalue weighted by Crippen LogP contribution is 2.32. The van der Waals surface area contributed by atoms with Crippen molar-refractivity contribution in [3.63, 3.8) is 0 Å². The lowest BCUT2D eigenvalue weighted by Crippen LogP contribution is -2.31. The van der Waals surface area contributed by atoms with E-state index in [1.165, 1.54) is 43.4 Å². The van der Waals surface area contributed by atoms with Crippen LogP contribution in [-0.2, 0) is 19.5 Å². The molecule has 0 atom stereocenters. The number of aromatic nitrogens is 4. The molecule has 1 fully saturated rings. The summed E-state index contributed by atoms with van der Waals surface area (Å²) in [6.07, 6.45) is 13.4. The number of para-hydroxylation sites is 1. The summed E-state index contributed by atoms with van der Waals surface area (Å²) in [5, 5.41) is 4.87. The van der Waals surface area contributed by atoms with Crippen molar-refractivity contribution in [2.24, 2.45) is 0 Å². The van der Waals surface area contributed by atoms with Gasteiger partial charge in [-0.05, 0) is 37.1 Å². The Morgan fingerprint density at radius 1 is 1.00 bits per heavy atom. The summed E-state index contributed by atoms with van der Waals surface area (Å²) in [7, 11) is 0. The molecule has 3 aromatic heterocycles. The molecule has 33 heavy (non-hydrogen) atoms. The van der Waals surface area contributed by atoms with E-state index < -0.39 is 0 Å². The van der Waals surface area contributed by atoms with Gasteiger partial charge in [0.2, 0.25) is 0 Å². The molecule has 1 saturated carbocycles. The minimum absolute atomic E-state index is 0.557. The quantitative estimate of drug-likeness (QED) is 0.409. The minimum Gasteiger partial charge on any atom is -0.463 e. The zero-order valence-corrected chi connectivity index (χ0v) is 18.9. The predicted octanol–water partition coefficient (Wildman–Crippen LogP) is 5.53. The van der Waals surface area contributed by atoms with Crippen molar-refractivity contribution in [3.05, 3.63) is 83.8 Å². The Morgan fingerprint density at radius 3 is 2.70 bits per heavy atom. The van der Waals surface area contributed by atoms with E-state index in [1.807, 2.05) is 35.0 Å². The first-order valence-corrected chi connectivity index (χ1v) is 12.1. The molecule has 0 unspecified atom stereocenters. The number of fused-ring (bicyclic) bond motifs is 1. The maximum absolute atomic E-state index is 5.71. The van der Waals surface area contributed by atoms with Gasteiger partial charge in [-0.3, -0.25) is 4.90 Å². The lowest BCUT2D eigenvalue weighted by molar-refractivity contribution is 0.242. The number of nitrogens with zero attached hydrogens (tertiary/aromatic N) is 5. The van der Waals surface area contributed by atoms with Crippen molar-refractivity contribution < 1.29 is 4.42 Å². The average molecular weight is 440 g/mol. The van der Waals surface area contributed by atoms with E-state index >= 15 is 0 Å². The van der Waals surface area contributed by atoms with E-state index in [4.69, 9.17) is 19.5 Å². The SMILES string of the molecule is c1ccc(-n2cc(CN3CCc4nc(C5CCCCC5)ncc4C3)c(-c3ccco3)n2)cc1. The fourth-order valence-corrected chi connectivity index (χ4v) is 5.18. The molecule has 0 saturated heterocycles. The van der Waals surface area contributed by atoms with Crippen molar-refractivity contribution >= 4 is 0 Å². The van der Waals surface area contributed by atoms with Gasteiger partial charge in [0.05, 0.1) is 12.0 Å². The molecule has 6 rings (SSSR count). The van der Waals surface area contributed by atoms with E-state index in [-0.39, 0.29) is 0 Å². The van der Waals surface area contributed by atoms with Gasteiger partial charge in [-0.2, -0.15) is 5.10 Å². The van der Waals surface area contributed by atoms with Gasteiger partial charge in [-0.1, -0.05) is 37.5 Å². The van der Waals surface area contributed by atoms with Gasteiger partial charge in [0.15, 0.2) is 5.76 Å². The van der Waals surface area contributed by atoms with Crippen LogP contribution in [0.3, 0.4) is 0 Å². The molecular weight excluding hydrogens is 410 g/mol. The second kappa shape index (κ2) is 8.94. The fourth-order valence-electron chi connectivity index (χ4n) is 5.18. The van der Waals surface area contributed by atoms with Gasteiger partial charge in [0.1, 0.15) is 11.5 Å². The zero-order valence-electron chi connectivity index (χ0n) is 18.9. The smallest absolute Gasteiger partial charge is 0.154 e. The molecule has 0 spiro atoms. The number of hydrogen-bond acceptors (Lipinski definition) is 5. The van der Waals surface area contributed by atoms with Crippen LogP contribution in [0.2, 0.25) is 0 Å². The van der Waals surface area contributed by atoms with Gasteiger partial charge < -0.3 is 4.42 Å². The zero-order chi connectivity index (χ0) is 22.0. The molecule has 4 heterocycles. The molecule has 2 aliphatic rings. The highest BCUT2D eigenvalue weighted by molar-refractivity contribution is 5.57. The Balaban J connectivity index is 1.23. The average Bonchev–Trinajstić information content (AvgIpc) is 3.55. The van der Waals surface area contributed by atoms with Gasteiger partial charge in [-0.25, -0.2) is 14.6 Å². The Bertz CT molecular complexity index is 1210. The topological polar surface area (TPSA) is 60.0 Å². The molecular formula is C27H29N5O. The molecule has 6 heteroatoms. The summed E-state index contributed by atoms with van der Waals surface area (Å²) in [6.45, 7) is 2.67. The predicted molar refractivity (Wildman–Crippen MR) is 127 cm³/mol. The van der Waals surface area contributed by atoms with Crippen LogP contribution < -0.4 is 0 Å². The largest absolute Gasteiger partial charge is 0.463 e. The van der Waals surface area contributed by atoms with Crippen LogP contribution in [-0.4, -0.2) is 31.2 Å². The van der Waals surface area contributed by atoms with E-state index in [0.717, 1.165) is 54.6 Å². The van der Waals surface area contributed by atoms with E-state index in [9.17, 15) is 0 Å². The second-order valence-electron chi connectivity index (χ2n) is 9.26. The standard InChI is InChI=1S/C27H29N5O/c1-3-8-20(9-4-1)27-28-16-21-17-31(14-13-24(21)29-27)18-22-19-32(23-10-5-2-6-11-23)30-26(22)25-12-7-15-33-25/h2,5-7,10-12,15-16,19-20H,1,3-4,8-9,13-14,17-18H2. The van der Waals surface area contributed by atoms with Crippen molar-refractivity contribution in [1.82, 2.24) is 24.6 Å². The molecule has 0 bridgehead atoms. The summed E-state index contributed by atoms with van der Waals surface area (Å²) in [5.74, 6) is 2.44. The molecule has 0 radical (unpaired) electrons. The molecule has 6 nitrogen and oxygen atoms in total. The van der Waals surface area contributed by atoms with Crippen LogP contribution in [0, 0.1) is 0 Å². The van der Waals surface area contributed by atoms with Gasteiger partial charge in [-0.15, -0.1) is 0 Å². The first kappa shape index (κ1) is 20.4. The van der Waals surface area contributed by atoms with Crippen LogP contribution in [0.4, 0.5) is 0 Å². The van der Waals surface area contributed by atoms with Crippen molar-refractivity contribution in [3.8, 4) is 17.1 Å². The van der Waals surface area contributed by atoms with Crippen molar-refractivity contribution in [2.45, 2.75) is 57.5 Å². The fraction of sp³-hybridized carbons (Fsp3) is 0.370. The van der Waals surface area contributed by atoms with Crippen LogP contribution >= 0.6 is 0 Å². The van der Waals surface area contributed by atoms with Gasteiger partial charge >= 0.3 is 0 Å². The molecule has 0 amide bonds.